The fourth-order valence-electron chi connectivity index (χ4n) is 12.6. The number of ether oxygens (including phenoxy) is 11. The number of aliphatic hydroxyl groups is 2. The smallest absolute Gasteiger partial charge is 0.347 e. The molecule has 0 aliphatic carbocycles. The van der Waals surface area contributed by atoms with Crippen LogP contribution in [0.4, 0.5) is 0 Å². The number of para-hydroxylation sites is 3. The number of phenolic OH excluding ortho intramolecular Hbond substituents is 3. The van der Waals surface area contributed by atoms with E-state index in [1.54, 1.807) is 155 Å². The Kier molecular flexibility index (Phi) is 30.5. The van der Waals surface area contributed by atoms with Gasteiger partial charge in [0.05, 0.1) is 49.3 Å². The maximum atomic E-state index is 13.5. The number of aliphatic hydroxyl groups excluding tert-OH is 2. The van der Waals surface area contributed by atoms with Crippen LogP contribution in [0.2, 0.25) is 0 Å². The van der Waals surface area contributed by atoms with E-state index in [0.717, 1.165) is 52.5 Å². The van der Waals surface area contributed by atoms with E-state index >= 15 is 0 Å². The summed E-state index contributed by atoms with van der Waals surface area (Å²) in [6.07, 6.45) is 3.25. The Morgan fingerprint density at radius 1 is 0.444 bits per heavy atom. The lowest BCUT2D eigenvalue weighted by Gasteiger charge is -2.35. The Labute approximate surface area is 714 Å². The molecule has 0 spiro atoms. The standard InChI is InChI=1S/C40H32O13.C37H32O8.C18H19NO5S.CH4/c1-20-7-3-4-8-24(20)40(47)53-28-10-6-5-9-25(28)39(46)49-19-33-37(21-11-13-26(42)30(15-21)48-2)51-31-16-22(12-14-29(31)50-33)38-36(45)35(44)34-27(43)17-23(41)18-32(34)52-38;1-24-9-5-6-10-30(24)36(40)44-32-12-8-7-11-31(32)37(41)45-33-20-17-27(22-35(33)43-4)16-19-29(39)23-28(38)18-15-26-14-13-25(2)34(21-26)42-3;1-13-7-3-4-8-14(13)18(21)24-16-10-6-5-9-15(16)17(20)19-11-12-25(2,22)23;/h3-18,33,36-38,41-43,45H,19H2,1-2H3;5-23,38H,1-4H3;3-10H,11-12H2,1-2H3,(H,19,20);1H4/b;18-15+,19-16+,28-23-;;/t33-,36?,37?,38-;;;/m0.../s1. The number of methoxy groups -OCH3 is 3. The summed E-state index contributed by atoms with van der Waals surface area (Å²) in [7, 11) is 1.21. The predicted molar refractivity (Wildman–Crippen MR) is 459 cm³/mol. The second-order valence-corrected chi connectivity index (χ2v) is 30.0. The Bertz CT molecular complexity index is 6070. The number of nitrogens with one attached hydrogen (secondary N) is 1. The minimum Gasteiger partial charge on any atom is -0.508 e. The number of sulfone groups is 1. The molecule has 6 N–H and O–H groups in total. The van der Waals surface area contributed by atoms with Gasteiger partial charge in [0.1, 0.15) is 79.1 Å². The molecular formula is C96H87NO26S. The van der Waals surface area contributed by atoms with Crippen LogP contribution in [0, 0.1) is 27.7 Å². The number of carbonyl (C=O) groups is 8. The van der Waals surface area contributed by atoms with Gasteiger partial charge in [0, 0.05) is 36.6 Å². The van der Waals surface area contributed by atoms with Gasteiger partial charge < -0.3 is 83.0 Å². The zero-order valence-electron chi connectivity index (χ0n) is 67.5. The maximum absolute atomic E-state index is 13.5. The lowest BCUT2D eigenvalue weighted by Crippen LogP contribution is -2.38. The SMILES string of the molecule is C.COc1cc(/C=C/C(O)=C/C(=O)/C=C/c2ccc(OC(=O)c3ccccc3OC(=O)c3ccccc3C)c(OC)c2)ccc1C.COc1cc(C2Oc3cc([C@@H]4Oc5cc(O)cc(O)c5C(=O)C4O)ccc3O[C@H]2COC(=O)c2ccccc2OC(=O)c2ccccc2C)ccc1O.Cc1ccccc1C(=O)Oc1ccccc1C(=O)NCCS(C)(=O)=O. The summed E-state index contributed by atoms with van der Waals surface area (Å²) >= 11 is 0. The second kappa shape index (κ2) is 41.6. The number of ketones is 2. The summed E-state index contributed by atoms with van der Waals surface area (Å²) in [4.78, 5) is 102. The van der Waals surface area contributed by atoms with Crippen molar-refractivity contribution in [2.24, 2.45) is 0 Å². The highest BCUT2D eigenvalue weighted by Gasteiger charge is 2.42. The molecule has 2 heterocycles. The van der Waals surface area contributed by atoms with E-state index in [0.29, 0.717) is 38.9 Å². The van der Waals surface area contributed by atoms with Gasteiger partial charge in [-0.3, -0.25) is 14.4 Å². The van der Waals surface area contributed by atoms with Gasteiger partial charge in [-0.15, -0.1) is 0 Å². The van der Waals surface area contributed by atoms with Crippen LogP contribution in [0.3, 0.4) is 0 Å². The first-order chi connectivity index (χ1) is 59.0. The van der Waals surface area contributed by atoms with E-state index in [1.807, 2.05) is 37.3 Å². The molecule has 0 saturated heterocycles. The average molecular weight is 1700 g/mol. The number of aromatic hydroxyl groups is 3. The molecular weight excluding hydrogens is 1620 g/mol. The van der Waals surface area contributed by atoms with Crippen molar-refractivity contribution in [1.82, 2.24) is 5.32 Å². The zero-order chi connectivity index (χ0) is 88.2. The number of phenols is 3. The van der Waals surface area contributed by atoms with Gasteiger partial charge >= 0.3 is 29.8 Å². The quantitative estimate of drug-likeness (QED) is 0.0102. The predicted octanol–water partition coefficient (Wildman–Crippen LogP) is 15.9. The lowest BCUT2D eigenvalue weighted by molar-refractivity contribution is -0.110. The van der Waals surface area contributed by atoms with Crippen molar-refractivity contribution in [2.45, 2.75) is 59.5 Å². The summed E-state index contributed by atoms with van der Waals surface area (Å²) in [5, 5.41) is 54.1. The van der Waals surface area contributed by atoms with E-state index in [2.05, 4.69) is 5.32 Å². The molecule has 0 saturated carbocycles. The average Bonchev–Trinajstić information content (AvgIpc) is 0.763. The normalized spacial score (nSPS) is 14.3. The van der Waals surface area contributed by atoms with E-state index < -0.39 is 87.3 Å². The lowest BCUT2D eigenvalue weighted by atomic mass is 9.92. The van der Waals surface area contributed by atoms with Crippen LogP contribution >= 0.6 is 0 Å². The van der Waals surface area contributed by atoms with Crippen molar-refractivity contribution in [3.63, 3.8) is 0 Å². The molecule has 638 valence electrons. The summed E-state index contributed by atoms with van der Waals surface area (Å²) in [6, 6.07) is 61.2. The molecule has 1 amide bonds. The summed E-state index contributed by atoms with van der Waals surface area (Å²) < 4.78 is 84.7. The number of amides is 1. The first kappa shape index (κ1) is 91.0. The molecule has 13 rings (SSSR count). The number of rotatable bonds is 25. The molecule has 27 nitrogen and oxygen atoms in total. The minimum atomic E-state index is -3.17. The number of hydrogen-bond acceptors (Lipinski definition) is 26. The highest BCUT2D eigenvalue weighted by molar-refractivity contribution is 7.90. The van der Waals surface area contributed by atoms with Crippen molar-refractivity contribution < 1.29 is 124 Å². The number of carbonyl (C=O) groups excluding carboxylic acids is 8. The fraction of sp³-hybridized carbons (Fsp3) is 0.167. The minimum absolute atomic E-state index is 0. The van der Waals surface area contributed by atoms with Gasteiger partial charge in [0.25, 0.3) is 5.91 Å². The Hall–Kier alpha value is -15.3. The highest BCUT2D eigenvalue weighted by atomic mass is 32.2. The number of allylic oxidation sites excluding steroid dienone is 3. The zero-order valence-corrected chi connectivity index (χ0v) is 68.3. The van der Waals surface area contributed by atoms with Crippen LogP contribution in [0.25, 0.3) is 12.2 Å². The van der Waals surface area contributed by atoms with E-state index in [-0.39, 0.29) is 118 Å². The maximum Gasteiger partial charge on any atom is 0.347 e. The first-order valence-electron chi connectivity index (χ1n) is 37.9. The Morgan fingerprint density at radius 2 is 0.911 bits per heavy atom. The van der Waals surface area contributed by atoms with Gasteiger partial charge in [0.2, 0.25) is 5.78 Å². The van der Waals surface area contributed by atoms with Crippen LogP contribution in [0.15, 0.2) is 255 Å². The van der Waals surface area contributed by atoms with Gasteiger partial charge in [-0.2, -0.15) is 0 Å². The summed E-state index contributed by atoms with van der Waals surface area (Å²) in [5.41, 5.74) is 6.49. The topological polar surface area (TPSA) is 385 Å². The molecule has 0 fully saturated rings. The summed E-state index contributed by atoms with van der Waals surface area (Å²) in [6.45, 7) is 6.93. The number of esters is 5. The molecule has 2 unspecified atom stereocenters. The van der Waals surface area contributed by atoms with Gasteiger partial charge in [-0.25, -0.2) is 32.4 Å². The van der Waals surface area contributed by atoms with Gasteiger partial charge in [-0.05, 0) is 176 Å². The third kappa shape index (κ3) is 23.2. The third-order valence-electron chi connectivity index (χ3n) is 19.0. The number of fused-ring (bicyclic) bond motifs is 2. The Morgan fingerprint density at radius 3 is 1.47 bits per heavy atom. The van der Waals surface area contributed by atoms with E-state index in [9.17, 15) is 72.3 Å². The van der Waals surface area contributed by atoms with Crippen molar-refractivity contribution in [2.75, 3.05) is 46.5 Å². The van der Waals surface area contributed by atoms with Crippen LogP contribution in [-0.4, -0.2) is 140 Å². The molecule has 11 aromatic rings. The van der Waals surface area contributed by atoms with Gasteiger partial charge in [-0.1, -0.05) is 141 Å². The van der Waals surface area contributed by atoms with Gasteiger partial charge in [0.15, 0.2) is 64.7 Å². The molecule has 28 heteroatoms. The van der Waals surface area contributed by atoms with Crippen LogP contribution in [-0.2, 0) is 19.4 Å². The van der Waals surface area contributed by atoms with Crippen molar-refractivity contribution in [1.29, 1.82) is 0 Å². The van der Waals surface area contributed by atoms with Crippen LogP contribution in [0.5, 0.6) is 74.7 Å². The van der Waals surface area contributed by atoms with Crippen LogP contribution < -0.4 is 52.7 Å². The number of hydrogen-bond donors (Lipinski definition) is 6. The highest BCUT2D eigenvalue weighted by Crippen LogP contribution is 2.47. The summed E-state index contributed by atoms with van der Waals surface area (Å²) in [5.74, 6) is -4.74. The number of Topliss-reactive ketones (excluding diaryl/α,β-unsaturated/α-hetero) is 1. The molecule has 11 aromatic carbocycles. The molecule has 124 heavy (non-hydrogen) atoms. The number of benzene rings is 11. The van der Waals surface area contributed by atoms with E-state index in [1.165, 1.54) is 99.2 Å². The molecule has 4 atom stereocenters. The third-order valence-corrected chi connectivity index (χ3v) is 20.0. The number of aryl methyl sites for hydroxylation is 4. The van der Waals surface area contributed by atoms with E-state index in [4.69, 9.17) is 52.1 Å². The molecule has 2 aliphatic rings. The van der Waals surface area contributed by atoms with Crippen LogP contribution in [0.1, 0.15) is 137 Å². The van der Waals surface area contributed by atoms with Crippen molar-refractivity contribution in [3.05, 3.63) is 338 Å². The van der Waals surface area contributed by atoms with Crippen molar-refractivity contribution >= 4 is 69.3 Å². The fourth-order valence-corrected chi connectivity index (χ4v) is 13.1. The first-order valence-corrected chi connectivity index (χ1v) is 39.9. The largest absolute Gasteiger partial charge is 0.508 e. The second-order valence-electron chi connectivity index (χ2n) is 27.8. The monoisotopic (exact) mass is 1700 g/mol. The molecule has 2 aliphatic heterocycles. The Balaban J connectivity index is 0.000000206. The van der Waals surface area contributed by atoms with Crippen molar-refractivity contribution in [3.8, 4) is 74.7 Å². The molecule has 0 aromatic heterocycles. The molecule has 0 radical (unpaired) electrons. The molecule has 0 bridgehead atoms.